The molecule has 0 unspecified atom stereocenters. The molecule has 1 aliphatic carbocycles. The van der Waals surface area contributed by atoms with E-state index in [9.17, 15) is 0 Å². The van der Waals surface area contributed by atoms with E-state index in [1.165, 1.54) is 0 Å². The lowest BCUT2D eigenvalue weighted by molar-refractivity contribution is 0.918. The zero-order valence-corrected chi connectivity index (χ0v) is 9.30. The number of aromatic nitrogens is 2. The van der Waals surface area contributed by atoms with Crippen molar-refractivity contribution in [2.75, 3.05) is 11.9 Å². The van der Waals surface area contributed by atoms with Crippen molar-refractivity contribution in [1.29, 1.82) is 0 Å². The molecule has 1 aromatic heterocycles. The van der Waals surface area contributed by atoms with Crippen molar-refractivity contribution >= 4 is 17.4 Å². The van der Waals surface area contributed by atoms with E-state index in [-0.39, 0.29) is 0 Å². The van der Waals surface area contributed by atoms with Crippen LogP contribution in [0.3, 0.4) is 0 Å². The van der Waals surface area contributed by atoms with Gasteiger partial charge >= 0.3 is 0 Å². The Labute approximate surface area is 94.3 Å². The molecule has 1 saturated carbocycles. The first kappa shape index (κ1) is 10.3. The maximum atomic E-state index is 6.03. The van der Waals surface area contributed by atoms with Crippen LogP contribution in [-0.4, -0.2) is 16.5 Å². The molecule has 3 nitrogen and oxygen atoms in total. The van der Waals surface area contributed by atoms with Gasteiger partial charge in [0.2, 0.25) is 0 Å². The summed E-state index contributed by atoms with van der Waals surface area (Å²) < 4.78 is 0. The number of nitrogens with zero attached hydrogens (tertiary/aromatic N) is 2. The molecular formula is C11H12ClN3. The van der Waals surface area contributed by atoms with Gasteiger partial charge in [0, 0.05) is 11.5 Å². The van der Waals surface area contributed by atoms with Crippen LogP contribution in [0.25, 0.3) is 0 Å². The van der Waals surface area contributed by atoms with Crippen LogP contribution < -0.4 is 5.32 Å². The van der Waals surface area contributed by atoms with Gasteiger partial charge in [0.25, 0.3) is 0 Å². The maximum absolute atomic E-state index is 6.03. The van der Waals surface area contributed by atoms with E-state index >= 15 is 0 Å². The number of nitrogens with one attached hydrogen (secondary N) is 1. The molecule has 1 heterocycles. The Morgan fingerprint density at radius 3 is 2.87 bits per heavy atom. The Morgan fingerprint density at radius 1 is 1.53 bits per heavy atom. The molecule has 0 aromatic carbocycles. The van der Waals surface area contributed by atoms with E-state index < -0.39 is 0 Å². The average Bonchev–Trinajstić information content (AvgIpc) is 3.03. The highest BCUT2D eigenvalue weighted by Crippen LogP contribution is 2.39. The zero-order chi connectivity index (χ0) is 10.8. The van der Waals surface area contributed by atoms with Crippen molar-refractivity contribution in [3.8, 4) is 12.3 Å². The summed E-state index contributed by atoms with van der Waals surface area (Å²) >= 11 is 6.03. The third kappa shape index (κ3) is 2.21. The van der Waals surface area contributed by atoms with Crippen LogP contribution in [-0.2, 0) is 0 Å². The molecular weight excluding hydrogens is 210 g/mol. The predicted molar refractivity (Wildman–Crippen MR) is 61.1 cm³/mol. The quantitative estimate of drug-likeness (QED) is 0.629. The lowest BCUT2D eigenvalue weighted by atomic mass is 10.3. The van der Waals surface area contributed by atoms with Crippen LogP contribution in [0.15, 0.2) is 0 Å². The molecule has 1 fully saturated rings. The summed E-state index contributed by atoms with van der Waals surface area (Å²) in [7, 11) is 0. The van der Waals surface area contributed by atoms with Crippen LogP contribution in [0.1, 0.15) is 30.1 Å². The van der Waals surface area contributed by atoms with Crippen molar-refractivity contribution in [1.82, 2.24) is 9.97 Å². The summed E-state index contributed by atoms with van der Waals surface area (Å²) in [5.74, 6) is 4.60. The van der Waals surface area contributed by atoms with E-state index in [0.717, 1.165) is 30.0 Å². The Balaban J connectivity index is 2.30. The van der Waals surface area contributed by atoms with Gasteiger partial charge in [0.05, 0.1) is 6.54 Å². The molecule has 0 amide bonds. The second kappa shape index (κ2) is 4.08. The first-order valence-electron chi connectivity index (χ1n) is 4.93. The van der Waals surface area contributed by atoms with Crippen molar-refractivity contribution in [2.45, 2.75) is 25.7 Å². The van der Waals surface area contributed by atoms with E-state index in [1.807, 2.05) is 6.92 Å². The molecule has 0 radical (unpaired) electrons. The van der Waals surface area contributed by atoms with E-state index in [0.29, 0.717) is 17.6 Å². The van der Waals surface area contributed by atoms with Crippen LogP contribution >= 0.6 is 11.6 Å². The van der Waals surface area contributed by atoms with Gasteiger partial charge in [0.1, 0.15) is 16.8 Å². The Bertz CT molecular complexity index is 419. The summed E-state index contributed by atoms with van der Waals surface area (Å²) in [4.78, 5) is 8.70. The largest absolute Gasteiger partial charge is 0.359 e. The van der Waals surface area contributed by atoms with Crippen LogP contribution in [0.5, 0.6) is 0 Å². The summed E-state index contributed by atoms with van der Waals surface area (Å²) in [5, 5.41) is 3.57. The molecule has 78 valence electrons. The van der Waals surface area contributed by atoms with E-state index in [4.69, 9.17) is 18.0 Å². The molecule has 0 spiro atoms. The Hall–Kier alpha value is -1.27. The van der Waals surface area contributed by atoms with Gasteiger partial charge in [-0.1, -0.05) is 17.5 Å². The van der Waals surface area contributed by atoms with Gasteiger partial charge in [-0.2, -0.15) is 0 Å². The molecule has 1 aliphatic rings. The van der Waals surface area contributed by atoms with Crippen LogP contribution in [0.2, 0.25) is 5.15 Å². The molecule has 15 heavy (non-hydrogen) atoms. The van der Waals surface area contributed by atoms with E-state index in [1.54, 1.807) is 0 Å². The third-order valence-corrected chi connectivity index (χ3v) is 2.77. The standard InChI is InChI=1S/C11H12ClN3/c1-3-6-13-10-7(2)9(12)14-11(15-10)8-4-5-8/h1,8H,4-6H2,2H3,(H,13,14,15). The highest BCUT2D eigenvalue weighted by Gasteiger charge is 2.27. The van der Waals surface area contributed by atoms with Crippen LogP contribution in [0.4, 0.5) is 5.82 Å². The number of hydrogen-bond acceptors (Lipinski definition) is 3. The summed E-state index contributed by atoms with van der Waals surface area (Å²) in [6.07, 6.45) is 7.51. The molecule has 2 rings (SSSR count). The van der Waals surface area contributed by atoms with E-state index in [2.05, 4.69) is 21.2 Å². The van der Waals surface area contributed by atoms with Gasteiger partial charge in [-0.05, 0) is 19.8 Å². The fraction of sp³-hybridized carbons (Fsp3) is 0.455. The maximum Gasteiger partial charge on any atom is 0.137 e. The SMILES string of the molecule is C#CCNc1nc(C2CC2)nc(Cl)c1C. The third-order valence-electron chi connectivity index (χ3n) is 2.40. The van der Waals surface area contributed by atoms with Crippen molar-refractivity contribution in [3.63, 3.8) is 0 Å². The minimum Gasteiger partial charge on any atom is -0.359 e. The van der Waals surface area contributed by atoms with Crippen LogP contribution in [0, 0.1) is 19.3 Å². The van der Waals surface area contributed by atoms with Gasteiger partial charge in [-0.3, -0.25) is 0 Å². The smallest absolute Gasteiger partial charge is 0.137 e. The summed E-state index contributed by atoms with van der Waals surface area (Å²) in [6.45, 7) is 2.34. The van der Waals surface area contributed by atoms with Crippen molar-refractivity contribution in [3.05, 3.63) is 16.5 Å². The highest BCUT2D eigenvalue weighted by molar-refractivity contribution is 6.30. The monoisotopic (exact) mass is 221 g/mol. The first-order chi connectivity index (χ1) is 7.22. The zero-order valence-electron chi connectivity index (χ0n) is 8.55. The Morgan fingerprint density at radius 2 is 2.27 bits per heavy atom. The number of hydrogen-bond donors (Lipinski definition) is 1. The second-order valence-electron chi connectivity index (χ2n) is 3.68. The number of rotatable bonds is 3. The molecule has 0 bridgehead atoms. The van der Waals surface area contributed by atoms with Gasteiger partial charge < -0.3 is 5.32 Å². The lowest BCUT2D eigenvalue weighted by Crippen LogP contribution is -2.06. The number of terminal acetylenes is 1. The minimum atomic E-state index is 0.457. The fourth-order valence-corrected chi connectivity index (χ4v) is 1.51. The fourth-order valence-electron chi connectivity index (χ4n) is 1.34. The molecule has 0 aliphatic heterocycles. The Kier molecular flexibility index (Phi) is 2.79. The highest BCUT2D eigenvalue weighted by atomic mass is 35.5. The van der Waals surface area contributed by atoms with Gasteiger partial charge in [-0.25, -0.2) is 9.97 Å². The number of anilines is 1. The molecule has 1 aromatic rings. The first-order valence-corrected chi connectivity index (χ1v) is 5.31. The molecule has 0 atom stereocenters. The van der Waals surface area contributed by atoms with Crippen molar-refractivity contribution < 1.29 is 0 Å². The number of halogens is 1. The average molecular weight is 222 g/mol. The predicted octanol–water partition coefficient (Wildman–Crippen LogP) is 2.36. The summed E-state index contributed by atoms with van der Waals surface area (Å²) in [6, 6.07) is 0. The lowest BCUT2D eigenvalue weighted by Gasteiger charge is -2.08. The normalized spacial score (nSPS) is 14.7. The van der Waals surface area contributed by atoms with Crippen molar-refractivity contribution in [2.24, 2.45) is 0 Å². The summed E-state index contributed by atoms with van der Waals surface area (Å²) in [5.41, 5.74) is 0.858. The van der Waals surface area contributed by atoms with Gasteiger partial charge in [0.15, 0.2) is 0 Å². The molecule has 1 N–H and O–H groups in total. The van der Waals surface area contributed by atoms with Gasteiger partial charge in [-0.15, -0.1) is 6.42 Å². The second-order valence-corrected chi connectivity index (χ2v) is 4.04. The topological polar surface area (TPSA) is 37.8 Å². The molecule has 0 saturated heterocycles. The minimum absolute atomic E-state index is 0.457. The molecule has 4 heteroatoms.